The number of aryl methyl sites for hydroxylation is 2. The maximum Gasteiger partial charge on any atom is 0.171 e. The molecule has 1 aromatic carbocycles. The fraction of sp³-hybridized carbons (Fsp3) is 0.650. The van der Waals surface area contributed by atoms with Crippen LogP contribution in [0.2, 0.25) is 0 Å². The van der Waals surface area contributed by atoms with Gasteiger partial charge in [-0.1, -0.05) is 18.6 Å². The molecule has 2 N–H and O–H groups in total. The SMILES string of the molecule is Cc1ccc(C)c(NC(=S)NC2C[C@@H]3CCC[C@@H](C2)N3C2CC2)c1. The van der Waals surface area contributed by atoms with Gasteiger partial charge in [0.15, 0.2) is 5.11 Å². The van der Waals surface area contributed by atoms with E-state index in [0.717, 1.165) is 28.9 Å². The summed E-state index contributed by atoms with van der Waals surface area (Å²) in [5.41, 5.74) is 3.63. The minimum atomic E-state index is 0.528. The third-order valence-corrected chi connectivity index (χ3v) is 6.20. The van der Waals surface area contributed by atoms with Crippen LogP contribution in [0.5, 0.6) is 0 Å². The molecule has 0 spiro atoms. The molecule has 2 aliphatic heterocycles. The van der Waals surface area contributed by atoms with Crippen LogP contribution in [-0.4, -0.2) is 34.2 Å². The number of hydrogen-bond acceptors (Lipinski definition) is 2. The number of fused-ring (bicyclic) bond motifs is 2. The lowest BCUT2D eigenvalue weighted by atomic mass is 9.81. The zero-order valence-corrected chi connectivity index (χ0v) is 15.7. The molecule has 3 fully saturated rings. The summed E-state index contributed by atoms with van der Waals surface area (Å²) in [6, 6.07) is 9.47. The Morgan fingerprint density at radius 2 is 1.75 bits per heavy atom. The van der Waals surface area contributed by atoms with E-state index in [0.29, 0.717) is 6.04 Å². The molecule has 0 aromatic heterocycles. The van der Waals surface area contributed by atoms with E-state index in [9.17, 15) is 0 Å². The predicted molar refractivity (Wildman–Crippen MR) is 105 cm³/mol. The zero-order valence-electron chi connectivity index (χ0n) is 14.8. The number of thiocarbonyl (C=S) groups is 1. The summed E-state index contributed by atoms with van der Waals surface area (Å²) in [5.74, 6) is 0. The van der Waals surface area contributed by atoms with Gasteiger partial charge in [-0.15, -0.1) is 0 Å². The van der Waals surface area contributed by atoms with E-state index >= 15 is 0 Å². The summed E-state index contributed by atoms with van der Waals surface area (Å²) >= 11 is 5.61. The van der Waals surface area contributed by atoms with Crippen LogP contribution >= 0.6 is 12.2 Å². The lowest BCUT2D eigenvalue weighted by Crippen LogP contribution is -2.57. The molecule has 2 atom stereocenters. The molecule has 24 heavy (non-hydrogen) atoms. The van der Waals surface area contributed by atoms with Crippen molar-refractivity contribution in [1.29, 1.82) is 0 Å². The van der Waals surface area contributed by atoms with E-state index < -0.39 is 0 Å². The summed E-state index contributed by atoms with van der Waals surface area (Å²) in [4.78, 5) is 2.86. The molecule has 4 heteroatoms. The van der Waals surface area contributed by atoms with E-state index in [4.69, 9.17) is 12.2 Å². The number of nitrogens with one attached hydrogen (secondary N) is 2. The monoisotopic (exact) mass is 343 g/mol. The lowest BCUT2D eigenvalue weighted by molar-refractivity contribution is 0.0209. The van der Waals surface area contributed by atoms with Crippen molar-refractivity contribution in [1.82, 2.24) is 10.2 Å². The second kappa shape index (κ2) is 6.64. The van der Waals surface area contributed by atoms with Gasteiger partial charge in [0.05, 0.1) is 0 Å². The Kier molecular flexibility index (Phi) is 4.52. The largest absolute Gasteiger partial charge is 0.360 e. The van der Waals surface area contributed by atoms with E-state index in [2.05, 4.69) is 47.6 Å². The van der Waals surface area contributed by atoms with Crippen LogP contribution in [0.4, 0.5) is 5.69 Å². The highest BCUT2D eigenvalue weighted by molar-refractivity contribution is 7.80. The number of nitrogens with zero attached hydrogens (tertiary/aromatic N) is 1. The van der Waals surface area contributed by atoms with E-state index in [1.54, 1.807) is 0 Å². The first kappa shape index (κ1) is 16.3. The summed E-state index contributed by atoms with van der Waals surface area (Å²) in [6.45, 7) is 4.25. The van der Waals surface area contributed by atoms with Gasteiger partial charge in [0, 0.05) is 29.9 Å². The number of benzene rings is 1. The smallest absolute Gasteiger partial charge is 0.171 e. The van der Waals surface area contributed by atoms with Crippen molar-refractivity contribution in [2.45, 2.75) is 83.0 Å². The minimum Gasteiger partial charge on any atom is -0.360 e. The number of piperidine rings is 2. The molecule has 1 aliphatic carbocycles. The molecule has 0 amide bonds. The molecule has 0 radical (unpaired) electrons. The van der Waals surface area contributed by atoms with Gasteiger partial charge in [0.25, 0.3) is 0 Å². The first-order chi connectivity index (χ1) is 11.6. The number of anilines is 1. The highest BCUT2D eigenvalue weighted by atomic mass is 32.1. The maximum absolute atomic E-state index is 5.61. The van der Waals surface area contributed by atoms with Crippen molar-refractivity contribution < 1.29 is 0 Å². The second-order valence-corrected chi connectivity index (χ2v) is 8.41. The van der Waals surface area contributed by atoms with Gasteiger partial charge in [0.2, 0.25) is 0 Å². The molecule has 1 saturated carbocycles. The molecule has 3 aliphatic rings. The molecular formula is C20H29N3S. The second-order valence-electron chi connectivity index (χ2n) is 8.00. The third-order valence-electron chi connectivity index (χ3n) is 5.98. The molecule has 0 unspecified atom stereocenters. The van der Waals surface area contributed by atoms with E-state index in [1.165, 1.54) is 56.1 Å². The lowest BCUT2D eigenvalue weighted by Gasteiger charge is -2.49. The normalized spacial score (nSPS) is 30.0. The molecule has 2 heterocycles. The minimum absolute atomic E-state index is 0.528. The van der Waals surface area contributed by atoms with Crippen LogP contribution in [0, 0.1) is 13.8 Å². The van der Waals surface area contributed by atoms with Gasteiger partial charge < -0.3 is 10.6 Å². The molecule has 130 valence electrons. The fourth-order valence-electron chi connectivity index (χ4n) is 4.72. The number of hydrogen-bond donors (Lipinski definition) is 2. The highest BCUT2D eigenvalue weighted by Crippen LogP contribution is 2.41. The Balaban J connectivity index is 1.37. The van der Waals surface area contributed by atoms with E-state index in [1.807, 2.05) is 0 Å². The van der Waals surface area contributed by atoms with Gasteiger partial charge in [-0.25, -0.2) is 0 Å². The fourth-order valence-corrected chi connectivity index (χ4v) is 5.00. The Bertz CT molecular complexity index is 611. The quantitative estimate of drug-likeness (QED) is 0.807. The van der Waals surface area contributed by atoms with Gasteiger partial charge in [-0.2, -0.15) is 0 Å². The summed E-state index contributed by atoms with van der Waals surface area (Å²) in [7, 11) is 0. The van der Waals surface area contributed by atoms with Crippen molar-refractivity contribution in [3.63, 3.8) is 0 Å². The Labute approximate surface area is 151 Å². The van der Waals surface area contributed by atoms with E-state index in [-0.39, 0.29) is 0 Å². The van der Waals surface area contributed by atoms with Gasteiger partial charge in [0.1, 0.15) is 0 Å². The maximum atomic E-state index is 5.61. The third kappa shape index (κ3) is 3.45. The Hall–Kier alpha value is -1.13. The van der Waals surface area contributed by atoms with Gasteiger partial charge in [-0.3, -0.25) is 4.90 Å². The zero-order chi connectivity index (χ0) is 16.7. The standard InChI is InChI=1S/C20H29N3S/c1-13-6-7-14(2)19(10-13)22-20(24)21-15-11-17-4-3-5-18(12-15)23(17)16-8-9-16/h6-7,10,15-18H,3-5,8-9,11-12H2,1-2H3,(H2,21,22,24)/t17-,18-/m0/s1. The molecular weight excluding hydrogens is 314 g/mol. The molecule has 2 saturated heterocycles. The molecule has 2 bridgehead atoms. The first-order valence-corrected chi connectivity index (χ1v) is 9.93. The van der Waals surface area contributed by atoms with Crippen molar-refractivity contribution >= 4 is 23.0 Å². The van der Waals surface area contributed by atoms with Crippen LogP contribution < -0.4 is 10.6 Å². The average molecular weight is 344 g/mol. The summed E-state index contributed by atoms with van der Waals surface area (Å²) in [5, 5.41) is 7.82. The molecule has 1 aromatic rings. The van der Waals surface area contributed by atoms with Crippen LogP contribution in [0.1, 0.15) is 56.1 Å². The van der Waals surface area contributed by atoms with Gasteiger partial charge in [-0.05, 0) is 81.8 Å². The van der Waals surface area contributed by atoms with Gasteiger partial charge >= 0.3 is 0 Å². The first-order valence-electron chi connectivity index (χ1n) is 9.52. The van der Waals surface area contributed by atoms with Crippen LogP contribution in [0.25, 0.3) is 0 Å². The van der Waals surface area contributed by atoms with Crippen LogP contribution in [0.15, 0.2) is 18.2 Å². The highest BCUT2D eigenvalue weighted by Gasteiger charge is 2.44. The Morgan fingerprint density at radius 1 is 1.04 bits per heavy atom. The Morgan fingerprint density at radius 3 is 2.42 bits per heavy atom. The average Bonchev–Trinajstić information content (AvgIpc) is 3.34. The topological polar surface area (TPSA) is 27.3 Å². The summed E-state index contributed by atoms with van der Waals surface area (Å²) in [6.07, 6.45) is 9.53. The van der Waals surface area contributed by atoms with Crippen LogP contribution in [-0.2, 0) is 0 Å². The van der Waals surface area contributed by atoms with Crippen LogP contribution in [0.3, 0.4) is 0 Å². The van der Waals surface area contributed by atoms with Crippen molar-refractivity contribution in [3.05, 3.63) is 29.3 Å². The number of rotatable bonds is 3. The molecule has 3 nitrogen and oxygen atoms in total. The predicted octanol–water partition coefficient (Wildman–Crippen LogP) is 4.14. The van der Waals surface area contributed by atoms with Crippen molar-refractivity contribution in [3.8, 4) is 0 Å². The van der Waals surface area contributed by atoms with Crippen molar-refractivity contribution in [2.75, 3.05) is 5.32 Å². The van der Waals surface area contributed by atoms with Crippen molar-refractivity contribution in [2.24, 2.45) is 0 Å². The molecule has 4 rings (SSSR count). The summed E-state index contributed by atoms with van der Waals surface area (Å²) < 4.78 is 0.